The van der Waals surface area contributed by atoms with Crippen LogP contribution in [-0.2, 0) is 4.79 Å². The maximum absolute atomic E-state index is 11.8. The van der Waals surface area contributed by atoms with Gasteiger partial charge in [-0.3, -0.25) is 9.59 Å². The third-order valence-corrected chi connectivity index (χ3v) is 3.29. The number of nitrogens with one attached hydrogen (secondary N) is 3. The third-order valence-electron chi connectivity index (χ3n) is 3.09. The number of unbranched alkanes of at least 4 members (excludes halogenated alkanes) is 2. The normalized spacial score (nSPS) is 10.3. The van der Waals surface area contributed by atoms with Crippen molar-refractivity contribution in [2.45, 2.75) is 52.5 Å². The van der Waals surface area contributed by atoms with E-state index >= 15 is 0 Å². The van der Waals surface area contributed by atoms with E-state index in [1.54, 1.807) is 24.3 Å². The number of carbonyl (C=O) groups is 2. The van der Waals surface area contributed by atoms with Gasteiger partial charge < -0.3 is 16.0 Å². The van der Waals surface area contributed by atoms with Crippen LogP contribution in [0.5, 0.6) is 0 Å². The van der Waals surface area contributed by atoms with Gasteiger partial charge in [-0.1, -0.05) is 19.8 Å². The molecule has 0 aliphatic carbocycles. The van der Waals surface area contributed by atoms with Gasteiger partial charge in [0.1, 0.15) is 0 Å². The van der Waals surface area contributed by atoms with Gasteiger partial charge in [-0.15, -0.1) is 0 Å². The molecule has 1 aromatic carbocycles. The van der Waals surface area contributed by atoms with E-state index in [4.69, 9.17) is 12.2 Å². The first-order valence-electron chi connectivity index (χ1n) is 7.94. The fourth-order valence-electron chi connectivity index (χ4n) is 1.94. The van der Waals surface area contributed by atoms with Crippen LogP contribution in [0.4, 0.5) is 5.69 Å². The number of hydrogen-bond donors (Lipinski definition) is 3. The highest BCUT2D eigenvalue weighted by molar-refractivity contribution is 7.80. The summed E-state index contributed by atoms with van der Waals surface area (Å²) in [5, 5.41) is 8.69. The first kappa shape index (κ1) is 19.1. The van der Waals surface area contributed by atoms with Gasteiger partial charge in [-0.05, 0) is 56.8 Å². The van der Waals surface area contributed by atoms with Gasteiger partial charge in [-0.25, -0.2) is 0 Å². The molecule has 3 N–H and O–H groups in total. The molecule has 23 heavy (non-hydrogen) atoms. The Hall–Kier alpha value is -1.95. The van der Waals surface area contributed by atoms with Gasteiger partial charge >= 0.3 is 0 Å². The van der Waals surface area contributed by atoms with E-state index < -0.39 is 0 Å². The van der Waals surface area contributed by atoms with Crippen LogP contribution in [0, 0.1) is 0 Å². The summed E-state index contributed by atoms with van der Waals surface area (Å²) >= 11 is 5.11. The molecule has 0 aromatic heterocycles. The van der Waals surface area contributed by atoms with Crippen molar-refractivity contribution in [1.29, 1.82) is 0 Å². The van der Waals surface area contributed by atoms with E-state index in [0.29, 0.717) is 12.0 Å². The quantitative estimate of drug-likeness (QED) is 0.528. The van der Waals surface area contributed by atoms with Crippen LogP contribution in [0.25, 0.3) is 0 Å². The molecule has 0 atom stereocenters. The zero-order chi connectivity index (χ0) is 17.2. The molecule has 0 bridgehead atoms. The minimum absolute atomic E-state index is 0.0797. The number of carbonyl (C=O) groups excluding carboxylic acids is 2. The second-order valence-corrected chi connectivity index (χ2v) is 6.07. The molecule has 126 valence electrons. The molecule has 1 rings (SSSR count). The smallest absolute Gasteiger partial charge is 0.251 e. The van der Waals surface area contributed by atoms with Crippen LogP contribution in [0.3, 0.4) is 0 Å². The molecular formula is C17H25N3O2S. The van der Waals surface area contributed by atoms with Crippen LogP contribution < -0.4 is 16.0 Å². The molecule has 6 heteroatoms. The summed E-state index contributed by atoms with van der Waals surface area (Å²) in [5.74, 6) is -0.192. The van der Waals surface area contributed by atoms with Crippen molar-refractivity contribution >= 4 is 34.8 Å². The maximum Gasteiger partial charge on any atom is 0.251 e. The molecule has 2 amide bonds. The van der Waals surface area contributed by atoms with E-state index in [0.717, 1.165) is 24.9 Å². The number of thiocarbonyl (C=S) groups is 1. The lowest BCUT2D eigenvalue weighted by Gasteiger charge is -2.11. The molecule has 0 saturated heterocycles. The van der Waals surface area contributed by atoms with Crippen LogP contribution in [0.15, 0.2) is 24.3 Å². The fraction of sp³-hybridized carbons (Fsp3) is 0.471. The van der Waals surface area contributed by atoms with Crippen molar-refractivity contribution < 1.29 is 9.59 Å². The molecule has 0 saturated carbocycles. The summed E-state index contributed by atoms with van der Waals surface area (Å²) in [5.41, 5.74) is 1.31. The largest absolute Gasteiger partial charge is 0.350 e. The number of amides is 2. The van der Waals surface area contributed by atoms with Crippen LogP contribution in [-0.4, -0.2) is 23.0 Å². The van der Waals surface area contributed by atoms with E-state index in [2.05, 4.69) is 22.9 Å². The second-order valence-electron chi connectivity index (χ2n) is 5.66. The maximum atomic E-state index is 11.8. The SMILES string of the molecule is CCCCCC(=O)NC(=S)Nc1ccc(C(=O)NC(C)C)cc1. The minimum Gasteiger partial charge on any atom is -0.350 e. The third kappa shape index (κ3) is 7.74. The average molecular weight is 335 g/mol. The molecule has 0 fully saturated rings. The molecule has 0 heterocycles. The van der Waals surface area contributed by atoms with Gasteiger partial charge in [0.2, 0.25) is 5.91 Å². The summed E-state index contributed by atoms with van der Waals surface area (Å²) < 4.78 is 0. The minimum atomic E-state index is -0.113. The Morgan fingerprint density at radius 2 is 1.78 bits per heavy atom. The van der Waals surface area contributed by atoms with Crippen molar-refractivity contribution in [1.82, 2.24) is 10.6 Å². The second kappa shape index (κ2) is 9.94. The Morgan fingerprint density at radius 3 is 2.35 bits per heavy atom. The van der Waals surface area contributed by atoms with E-state index in [1.165, 1.54) is 0 Å². The van der Waals surface area contributed by atoms with Gasteiger partial charge in [-0.2, -0.15) is 0 Å². The molecule has 0 aliphatic rings. The number of anilines is 1. The lowest BCUT2D eigenvalue weighted by molar-refractivity contribution is -0.119. The van der Waals surface area contributed by atoms with Crippen molar-refractivity contribution in [3.63, 3.8) is 0 Å². The molecule has 0 spiro atoms. The summed E-state index contributed by atoms with van der Waals surface area (Å²) in [6.45, 7) is 5.92. The molecule has 0 radical (unpaired) electrons. The standard InChI is InChI=1S/C17H25N3O2S/c1-4-5-6-7-15(21)20-17(23)19-14-10-8-13(9-11-14)16(22)18-12(2)3/h8-12H,4-7H2,1-3H3,(H,18,22)(H2,19,20,21,23). The van der Waals surface area contributed by atoms with Gasteiger partial charge in [0.15, 0.2) is 5.11 Å². The lowest BCUT2D eigenvalue weighted by Crippen LogP contribution is -2.34. The summed E-state index contributed by atoms with van der Waals surface area (Å²) in [6.07, 6.45) is 3.45. The summed E-state index contributed by atoms with van der Waals surface area (Å²) in [7, 11) is 0. The molecular weight excluding hydrogens is 310 g/mol. The first-order chi connectivity index (χ1) is 10.9. The van der Waals surface area contributed by atoms with E-state index in [1.807, 2.05) is 13.8 Å². The van der Waals surface area contributed by atoms with E-state index in [9.17, 15) is 9.59 Å². The highest BCUT2D eigenvalue weighted by atomic mass is 32.1. The Kier molecular flexibility index (Phi) is 8.26. The Balaban J connectivity index is 2.46. The van der Waals surface area contributed by atoms with Crippen molar-refractivity contribution in [3.8, 4) is 0 Å². The van der Waals surface area contributed by atoms with Gasteiger partial charge in [0.05, 0.1) is 0 Å². The highest BCUT2D eigenvalue weighted by Crippen LogP contribution is 2.10. The molecule has 0 aliphatic heterocycles. The average Bonchev–Trinajstić information content (AvgIpc) is 2.47. The molecule has 0 unspecified atom stereocenters. The first-order valence-corrected chi connectivity index (χ1v) is 8.35. The summed E-state index contributed by atoms with van der Waals surface area (Å²) in [6, 6.07) is 7.03. The monoisotopic (exact) mass is 335 g/mol. The summed E-state index contributed by atoms with van der Waals surface area (Å²) in [4.78, 5) is 23.5. The van der Waals surface area contributed by atoms with Crippen molar-refractivity contribution in [2.24, 2.45) is 0 Å². The predicted molar refractivity (Wildman–Crippen MR) is 97.5 cm³/mol. The van der Waals surface area contributed by atoms with Crippen LogP contribution >= 0.6 is 12.2 Å². The number of benzene rings is 1. The van der Waals surface area contributed by atoms with Crippen LogP contribution in [0.2, 0.25) is 0 Å². The molecule has 5 nitrogen and oxygen atoms in total. The van der Waals surface area contributed by atoms with E-state index in [-0.39, 0.29) is 23.0 Å². The lowest BCUT2D eigenvalue weighted by atomic mass is 10.2. The van der Waals surface area contributed by atoms with Crippen LogP contribution in [0.1, 0.15) is 56.8 Å². The fourth-order valence-corrected chi connectivity index (χ4v) is 2.17. The Bertz CT molecular complexity index is 541. The van der Waals surface area contributed by atoms with Crippen molar-refractivity contribution in [2.75, 3.05) is 5.32 Å². The van der Waals surface area contributed by atoms with Gasteiger partial charge in [0, 0.05) is 23.7 Å². The zero-order valence-electron chi connectivity index (χ0n) is 13.9. The predicted octanol–water partition coefficient (Wildman–Crippen LogP) is 3.22. The topological polar surface area (TPSA) is 70.2 Å². The Labute approximate surface area is 143 Å². The molecule has 1 aromatic rings. The highest BCUT2D eigenvalue weighted by Gasteiger charge is 2.08. The number of rotatable bonds is 7. The Morgan fingerprint density at radius 1 is 1.13 bits per heavy atom. The number of hydrogen-bond acceptors (Lipinski definition) is 3. The zero-order valence-corrected chi connectivity index (χ0v) is 14.8. The van der Waals surface area contributed by atoms with Gasteiger partial charge in [0.25, 0.3) is 5.91 Å². The van der Waals surface area contributed by atoms with Crippen molar-refractivity contribution in [3.05, 3.63) is 29.8 Å².